The Morgan fingerprint density at radius 2 is 2.05 bits per heavy atom. The summed E-state index contributed by atoms with van der Waals surface area (Å²) in [6.45, 7) is 5.04. The van der Waals surface area contributed by atoms with Crippen LogP contribution in [0.1, 0.15) is 39.7 Å². The molecule has 2 aromatic heterocycles. The summed E-state index contributed by atoms with van der Waals surface area (Å²) < 4.78 is 0. The molecule has 0 spiro atoms. The lowest BCUT2D eigenvalue weighted by Gasteiger charge is -2.27. The SMILES string of the molecule is Cc1nc2c(c(=O)[nH]1)C[C@H]1CC[C@@H](C2)N1Cc1ccc(C)s1. The zero-order valence-electron chi connectivity index (χ0n) is 13.1. The van der Waals surface area contributed by atoms with Crippen LogP contribution in [0.15, 0.2) is 16.9 Å². The second-order valence-electron chi connectivity index (χ2n) is 6.55. The van der Waals surface area contributed by atoms with Gasteiger partial charge in [-0.15, -0.1) is 11.3 Å². The highest BCUT2D eigenvalue weighted by Gasteiger charge is 2.38. The first kappa shape index (κ1) is 14.2. The average Bonchev–Trinajstić information content (AvgIpc) is 2.96. The first-order chi connectivity index (χ1) is 10.6. The molecule has 0 radical (unpaired) electrons. The van der Waals surface area contributed by atoms with E-state index < -0.39 is 0 Å². The van der Waals surface area contributed by atoms with Crippen molar-refractivity contribution in [3.05, 3.63) is 49.3 Å². The minimum atomic E-state index is 0.0713. The second kappa shape index (κ2) is 5.32. The van der Waals surface area contributed by atoms with Gasteiger partial charge in [-0.1, -0.05) is 0 Å². The van der Waals surface area contributed by atoms with Crippen molar-refractivity contribution < 1.29 is 0 Å². The molecule has 22 heavy (non-hydrogen) atoms. The maximum absolute atomic E-state index is 12.3. The van der Waals surface area contributed by atoms with Crippen molar-refractivity contribution in [3.8, 4) is 0 Å². The van der Waals surface area contributed by atoms with E-state index in [4.69, 9.17) is 0 Å². The Bertz CT molecular complexity index is 764. The van der Waals surface area contributed by atoms with E-state index in [-0.39, 0.29) is 5.56 Å². The summed E-state index contributed by atoms with van der Waals surface area (Å²) in [4.78, 5) is 25.2. The minimum Gasteiger partial charge on any atom is -0.311 e. The van der Waals surface area contributed by atoms with E-state index in [1.165, 1.54) is 22.6 Å². The number of rotatable bonds is 2. The molecule has 0 aliphatic carbocycles. The number of aromatic amines is 1. The van der Waals surface area contributed by atoms with Gasteiger partial charge in [-0.3, -0.25) is 9.69 Å². The minimum absolute atomic E-state index is 0.0713. The van der Waals surface area contributed by atoms with Gasteiger partial charge in [-0.25, -0.2) is 4.98 Å². The highest BCUT2D eigenvalue weighted by Crippen LogP contribution is 2.34. The molecule has 4 rings (SSSR count). The monoisotopic (exact) mass is 315 g/mol. The summed E-state index contributed by atoms with van der Waals surface area (Å²) in [5.41, 5.74) is 2.02. The topological polar surface area (TPSA) is 49.0 Å². The summed E-state index contributed by atoms with van der Waals surface area (Å²) >= 11 is 1.88. The molecule has 4 nitrogen and oxygen atoms in total. The van der Waals surface area contributed by atoms with Crippen LogP contribution in [0.2, 0.25) is 0 Å². The fourth-order valence-electron chi connectivity index (χ4n) is 3.97. The first-order valence-corrected chi connectivity index (χ1v) is 8.81. The lowest BCUT2D eigenvalue weighted by Crippen LogP contribution is -2.36. The van der Waals surface area contributed by atoms with Gasteiger partial charge >= 0.3 is 0 Å². The fourth-order valence-corrected chi connectivity index (χ4v) is 4.87. The molecule has 116 valence electrons. The average molecular weight is 315 g/mol. The van der Waals surface area contributed by atoms with Crippen LogP contribution >= 0.6 is 11.3 Å². The fraction of sp³-hybridized carbons (Fsp3) is 0.529. The van der Waals surface area contributed by atoms with Crippen LogP contribution in [0, 0.1) is 13.8 Å². The maximum atomic E-state index is 12.3. The summed E-state index contributed by atoms with van der Waals surface area (Å²) in [5.74, 6) is 0.738. The molecule has 2 aromatic rings. The molecule has 0 aromatic carbocycles. The van der Waals surface area contributed by atoms with Crippen LogP contribution < -0.4 is 5.56 Å². The van der Waals surface area contributed by atoms with Crippen LogP contribution in [0.3, 0.4) is 0 Å². The molecule has 0 amide bonds. The summed E-state index contributed by atoms with van der Waals surface area (Å²) in [6, 6.07) is 5.46. The van der Waals surface area contributed by atoms with Crippen LogP contribution in [-0.4, -0.2) is 27.0 Å². The van der Waals surface area contributed by atoms with Gasteiger partial charge in [0, 0.05) is 40.4 Å². The predicted molar refractivity (Wildman–Crippen MR) is 88.4 cm³/mol. The van der Waals surface area contributed by atoms with Crippen LogP contribution in [0.25, 0.3) is 0 Å². The van der Waals surface area contributed by atoms with Crippen LogP contribution in [-0.2, 0) is 19.4 Å². The summed E-state index contributed by atoms with van der Waals surface area (Å²) in [5, 5.41) is 0. The van der Waals surface area contributed by atoms with Gasteiger partial charge < -0.3 is 4.98 Å². The molecule has 2 aliphatic rings. The molecule has 0 saturated carbocycles. The molecule has 2 aliphatic heterocycles. The molecule has 0 unspecified atom stereocenters. The molecule has 4 heterocycles. The van der Waals surface area contributed by atoms with Gasteiger partial charge in [-0.2, -0.15) is 0 Å². The third kappa shape index (κ3) is 2.42. The first-order valence-electron chi connectivity index (χ1n) is 8.00. The quantitative estimate of drug-likeness (QED) is 0.926. The van der Waals surface area contributed by atoms with E-state index in [2.05, 4.69) is 33.9 Å². The Balaban J connectivity index is 1.66. The van der Waals surface area contributed by atoms with E-state index in [0.29, 0.717) is 12.1 Å². The molecule has 1 saturated heterocycles. The predicted octanol–water partition coefficient (Wildman–Crippen LogP) is 2.58. The Kier molecular flexibility index (Phi) is 3.42. The number of nitrogens with zero attached hydrogens (tertiary/aromatic N) is 2. The molecule has 2 atom stereocenters. The second-order valence-corrected chi connectivity index (χ2v) is 7.93. The van der Waals surface area contributed by atoms with E-state index in [1.807, 2.05) is 18.3 Å². The van der Waals surface area contributed by atoms with Crippen LogP contribution in [0.5, 0.6) is 0 Å². The lowest BCUT2D eigenvalue weighted by molar-refractivity contribution is 0.189. The Morgan fingerprint density at radius 1 is 1.27 bits per heavy atom. The zero-order valence-corrected chi connectivity index (χ0v) is 13.9. The van der Waals surface area contributed by atoms with Crippen molar-refractivity contribution in [2.45, 2.75) is 58.2 Å². The van der Waals surface area contributed by atoms with Crippen molar-refractivity contribution >= 4 is 11.3 Å². The Labute approximate surface area is 134 Å². The van der Waals surface area contributed by atoms with E-state index in [0.717, 1.165) is 36.5 Å². The Hall–Kier alpha value is -1.46. The van der Waals surface area contributed by atoms with Crippen molar-refractivity contribution in [3.63, 3.8) is 0 Å². The van der Waals surface area contributed by atoms with Gasteiger partial charge in [-0.05, 0) is 45.2 Å². The van der Waals surface area contributed by atoms with E-state index >= 15 is 0 Å². The number of aromatic nitrogens is 2. The number of thiophene rings is 1. The van der Waals surface area contributed by atoms with Crippen molar-refractivity contribution in [1.82, 2.24) is 14.9 Å². The molecule has 1 fully saturated rings. The normalized spacial score (nSPS) is 24.3. The van der Waals surface area contributed by atoms with Gasteiger partial charge in [0.25, 0.3) is 5.56 Å². The number of fused-ring (bicyclic) bond motifs is 3. The highest BCUT2D eigenvalue weighted by atomic mass is 32.1. The van der Waals surface area contributed by atoms with Gasteiger partial charge in [0.15, 0.2) is 0 Å². The number of H-pyrrole nitrogens is 1. The van der Waals surface area contributed by atoms with Crippen molar-refractivity contribution in [2.75, 3.05) is 0 Å². The van der Waals surface area contributed by atoms with Crippen molar-refractivity contribution in [2.24, 2.45) is 0 Å². The van der Waals surface area contributed by atoms with Gasteiger partial charge in [0.1, 0.15) is 5.82 Å². The van der Waals surface area contributed by atoms with Crippen LogP contribution in [0.4, 0.5) is 0 Å². The summed E-state index contributed by atoms with van der Waals surface area (Å²) in [7, 11) is 0. The number of hydrogen-bond donors (Lipinski definition) is 1. The molecular weight excluding hydrogens is 294 g/mol. The third-order valence-electron chi connectivity index (χ3n) is 4.99. The highest BCUT2D eigenvalue weighted by molar-refractivity contribution is 7.11. The molecule has 1 N–H and O–H groups in total. The van der Waals surface area contributed by atoms with E-state index in [9.17, 15) is 4.79 Å². The van der Waals surface area contributed by atoms with Gasteiger partial charge in [0.05, 0.1) is 5.69 Å². The smallest absolute Gasteiger partial charge is 0.254 e. The standard InChI is InChI=1S/C17H21N3OS/c1-10-3-6-14(22-10)9-20-12-4-5-13(20)8-16-15(7-12)17(21)19-11(2)18-16/h3,6,12-13H,4-5,7-9H2,1-2H3,(H,18,19,21)/t12-,13+/m1/s1. The molecule has 5 heteroatoms. The zero-order chi connectivity index (χ0) is 15.3. The molecule has 2 bridgehead atoms. The van der Waals surface area contributed by atoms with E-state index in [1.54, 1.807) is 0 Å². The molecular formula is C17H21N3OS. The number of aryl methyl sites for hydroxylation is 2. The maximum Gasteiger partial charge on any atom is 0.254 e. The third-order valence-corrected chi connectivity index (χ3v) is 5.98. The number of nitrogens with one attached hydrogen (secondary N) is 1. The van der Waals surface area contributed by atoms with Crippen molar-refractivity contribution in [1.29, 1.82) is 0 Å². The Morgan fingerprint density at radius 3 is 2.77 bits per heavy atom. The summed E-state index contributed by atoms with van der Waals surface area (Å²) in [6.07, 6.45) is 4.18. The largest absolute Gasteiger partial charge is 0.311 e. The number of hydrogen-bond acceptors (Lipinski definition) is 4. The lowest BCUT2D eigenvalue weighted by atomic mass is 9.98. The van der Waals surface area contributed by atoms with Gasteiger partial charge in [0.2, 0.25) is 0 Å².